The fraction of sp³-hybridized carbons (Fsp3) is 0.267. The van der Waals surface area contributed by atoms with Gasteiger partial charge in [-0.25, -0.2) is 4.98 Å². The van der Waals surface area contributed by atoms with Crippen LogP contribution in [0.2, 0.25) is 5.15 Å². The minimum atomic E-state index is -0.930. The van der Waals surface area contributed by atoms with E-state index >= 15 is 0 Å². The number of anilines is 1. The lowest BCUT2D eigenvalue weighted by molar-refractivity contribution is -0.153. The Kier molecular flexibility index (Phi) is 5.55. The minimum absolute atomic E-state index is 0.138. The topological polar surface area (TPSA) is 81.4 Å². The van der Waals surface area contributed by atoms with Crippen molar-refractivity contribution in [3.05, 3.63) is 47.6 Å². The molecule has 1 atom stereocenters. The number of aromatic nitrogens is 1. The van der Waals surface area contributed by atoms with Crippen molar-refractivity contribution in [1.29, 1.82) is 0 Å². The molecule has 0 spiro atoms. The third-order valence-electron chi connectivity index (χ3n) is 2.85. The summed E-state index contributed by atoms with van der Waals surface area (Å²) in [7, 11) is 0. The predicted octanol–water partition coefficient (Wildman–Crippen LogP) is 2.83. The molecule has 2 rings (SSSR count). The number of hydrogen-bond donors (Lipinski definition) is 1. The van der Waals surface area contributed by atoms with Crippen molar-refractivity contribution in [2.75, 3.05) is 5.32 Å². The second kappa shape index (κ2) is 7.61. The van der Waals surface area contributed by atoms with Gasteiger partial charge in [-0.15, -0.1) is 0 Å². The normalized spacial score (nSPS) is 11.7. The van der Waals surface area contributed by atoms with Crippen molar-refractivity contribution in [2.24, 2.45) is 0 Å². The SMILES string of the molecule is C[C@H](OC(=O)CCc1ccco1)C(=O)Nc1cccnc1Cl. The van der Waals surface area contributed by atoms with Gasteiger partial charge in [-0.1, -0.05) is 11.6 Å². The number of aryl methyl sites for hydroxylation is 1. The predicted molar refractivity (Wildman–Crippen MR) is 80.5 cm³/mol. The lowest BCUT2D eigenvalue weighted by Crippen LogP contribution is -2.30. The van der Waals surface area contributed by atoms with Crippen molar-refractivity contribution in [3.63, 3.8) is 0 Å². The summed E-state index contributed by atoms with van der Waals surface area (Å²) in [6, 6.07) is 6.77. The average Bonchev–Trinajstić information content (AvgIpc) is 3.00. The summed E-state index contributed by atoms with van der Waals surface area (Å²) in [6.07, 6.45) is 2.68. The van der Waals surface area contributed by atoms with E-state index in [0.717, 1.165) is 0 Å². The van der Waals surface area contributed by atoms with Crippen molar-refractivity contribution < 1.29 is 18.7 Å². The first-order valence-corrected chi connectivity index (χ1v) is 7.07. The zero-order chi connectivity index (χ0) is 15.9. The number of hydrogen-bond acceptors (Lipinski definition) is 5. The number of nitrogens with one attached hydrogen (secondary N) is 1. The third kappa shape index (κ3) is 4.60. The van der Waals surface area contributed by atoms with Crippen molar-refractivity contribution in [2.45, 2.75) is 25.9 Å². The molecule has 0 saturated heterocycles. The highest BCUT2D eigenvalue weighted by Gasteiger charge is 2.19. The van der Waals surface area contributed by atoms with Gasteiger partial charge in [0.1, 0.15) is 5.76 Å². The van der Waals surface area contributed by atoms with Crippen LogP contribution in [-0.2, 0) is 20.7 Å². The number of carbonyl (C=O) groups excluding carboxylic acids is 2. The van der Waals surface area contributed by atoms with E-state index in [1.165, 1.54) is 19.4 Å². The van der Waals surface area contributed by atoms with Gasteiger partial charge in [0.25, 0.3) is 5.91 Å². The van der Waals surface area contributed by atoms with Gasteiger partial charge in [0.15, 0.2) is 11.3 Å². The van der Waals surface area contributed by atoms with Crippen LogP contribution in [0.25, 0.3) is 0 Å². The van der Waals surface area contributed by atoms with Gasteiger partial charge < -0.3 is 14.5 Å². The lowest BCUT2D eigenvalue weighted by Gasteiger charge is -2.13. The number of furan rings is 1. The fourth-order valence-electron chi connectivity index (χ4n) is 1.70. The van der Waals surface area contributed by atoms with E-state index in [0.29, 0.717) is 17.9 Å². The molecule has 0 bridgehead atoms. The summed E-state index contributed by atoms with van der Waals surface area (Å²) >= 11 is 5.84. The molecular formula is C15H15ClN2O4. The summed E-state index contributed by atoms with van der Waals surface area (Å²) in [6.45, 7) is 1.49. The van der Waals surface area contributed by atoms with E-state index in [-0.39, 0.29) is 11.6 Å². The number of nitrogens with zero attached hydrogens (tertiary/aromatic N) is 1. The number of rotatable bonds is 6. The van der Waals surface area contributed by atoms with Crippen molar-refractivity contribution in [3.8, 4) is 0 Å². The first-order valence-electron chi connectivity index (χ1n) is 6.69. The summed E-state index contributed by atoms with van der Waals surface area (Å²) in [5.74, 6) is -0.256. The van der Waals surface area contributed by atoms with E-state index in [9.17, 15) is 9.59 Å². The van der Waals surface area contributed by atoms with Crippen LogP contribution in [0, 0.1) is 0 Å². The van der Waals surface area contributed by atoms with E-state index in [2.05, 4.69) is 10.3 Å². The molecular weight excluding hydrogens is 308 g/mol. The third-order valence-corrected chi connectivity index (χ3v) is 3.15. The van der Waals surface area contributed by atoms with E-state index in [1.54, 1.807) is 24.3 Å². The Bertz CT molecular complexity index is 643. The number of carbonyl (C=O) groups is 2. The molecule has 6 nitrogen and oxygen atoms in total. The Balaban J connectivity index is 1.80. The van der Waals surface area contributed by atoms with Gasteiger partial charge in [0.2, 0.25) is 0 Å². The maximum atomic E-state index is 11.9. The zero-order valence-electron chi connectivity index (χ0n) is 11.9. The van der Waals surface area contributed by atoms with Gasteiger partial charge in [0.05, 0.1) is 18.4 Å². The standard InChI is InChI=1S/C15H15ClN2O4/c1-10(15(20)18-12-5-2-8-17-14(12)16)22-13(19)7-6-11-4-3-9-21-11/h2-5,8-10H,6-7H2,1H3,(H,18,20)/t10-/m0/s1. The minimum Gasteiger partial charge on any atom is -0.469 e. The quantitative estimate of drug-likeness (QED) is 0.653. The van der Waals surface area contributed by atoms with Crippen LogP contribution in [0.3, 0.4) is 0 Å². The van der Waals surface area contributed by atoms with Gasteiger partial charge >= 0.3 is 5.97 Å². The monoisotopic (exact) mass is 322 g/mol. The molecule has 1 N–H and O–H groups in total. The molecule has 0 radical (unpaired) electrons. The first-order chi connectivity index (χ1) is 10.6. The number of halogens is 1. The number of ether oxygens (including phenoxy) is 1. The van der Waals surface area contributed by atoms with Crippen LogP contribution in [-0.4, -0.2) is 23.0 Å². The molecule has 22 heavy (non-hydrogen) atoms. The molecule has 0 aliphatic rings. The summed E-state index contributed by atoms with van der Waals surface area (Å²) in [5, 5.41) is 2.73. The van der Waals surface area contributed by atoms with E-state index in [4.69, 9.17) is 20.8 Å². The number of pyridine rings is 1. The zero-order valence-corrected chi connectivity index (χ0v) is 12.7. The molecule has 116 valence electrons. The second-order valence-electron chi connectivity index (χ2n) is 4.54. The second-order valence-corrected chi connectivity index (χ2v) is 4.90. The molecule has 0 aromatic carbocycles. The van der Waals surface area contributed by atoms with E-state index in [1.807, 2.05) is 0 Å². The largest absolute Gasteiger partial charge is 0.469 e. The van der Waals surface area contributed by atoms with Gasteiger partial charge in [0, 0.05) is 12.6 Å². The Morgan fingerprint density at radius 3 is 2.91 bits per heavy atom. The smallest absolute Gasteiger partial charge is 0.307 e. The summed E-state index contributed by atoms with van der Waals surface area (Å²) in [4.78, 5) is 27.5. The maximum Gasteiger partial charge on any atom is 0.307 e. The summed E-state index contributed by atoms with van der Waals surface area (Å²) in [5.41, 5.74) is 0.368. The number of amides is 1. The first kappa shape index (κ1) is 16.0. The molecule has 0 saturated carbocycles. The molecule has 2 heterocycles. The highest BCUT2D eigenvalue weighted by molar-refractivity contribution is 6.32. The highest BCUT2D eigenvalue weighted by atomic mass is 35.5. The van der Waals surface area contributed by atoms with Crippen LogP contribution in [0.15, 0.2) is 41.1 Å². The van der Waals surface area contributed by atoms with Crippen LogP contribution < -0.4 is 5.32 Å². The molecule has 0 aliphatic heterocycles. The lowest BCUT2D eigenvalue weighted by atomic mass is 10.2. The maximum absolute atomic E-state index is 11.9. The average molecular weight is 323 g/mol. The van der Waals surface area contributed by atoms with Crippen molar-refractivity contribution in [1.82, 2.24) is 4.98 Å². The van der Waals surface area contributed by atoms with Gasteiger partial charge in [-0.05, 0) is 31.2 Å². The van der Waals surface area contributed by atoms with Gasteiger partial charge in [-0.3, -0.25) is 9.59 Å². The molecule has 0 aliphatic carbocycles. The molecule has 0 unspecified atom stereocenters. The van der Waals surface area contributed by atoms with Crippen LogP contribution >= 0.6 is 11.6 Å². The summed E-state index contributed by atoms with van der Waals surface area (Å²) < 4.78 is 10.2. The molecule has 0 fully saturated rings. The van der Waals surface area contributed by atoms with Crippen LogP contribution in [0.4, 0.5) is 5.69 Å². The number of esters is 1. The molecule has 2 aromatic heterocycles. The highest BCUT2D eigenvalue weighted by Crippen LogP contribution is 2.17. The molecule has 1 amide bonds. The van der Waals surface area contributed by atoms with Gasteiger partial charge in [-0.2, -0.15) is 0 Å². The molecule has 2 aromatic rings. The Hall–Kier alpha value is -2.34. The Morgan fingerprint density at radius 1 is 1.41 bits per heavy atom. The van der Waals surface area contributed by atoms with Crippen LogP contribution in [0.1, 0.15) is 19.1 Å². The van der Waals surface area contributed by atoms with Crippen LogP contribution in [0.5, 0.6) is 0 Å². The fourth-order valence-corrected chi connectivity index (χ4v) is 1.87. The Morgan fingerprint density at radius 2 is 2.23 bits per heavy atom. The molecule has 7 heteroatoms. The Labute approximate surface area is 132 Å². The van der Waals surface area contributed by atoms with E-state index < -0.39 is 18.0 Å². The van der Waals surface area contributed by atoms with Crippen molar-refractivity contribution >= 4 is 29.2 Å².